The number of amides is 2. The van der Waals surface area contributed by atoms with E-state index in [1.54, 1.807) is 4.90 Å². The fraction of sp³-hybridized carbons (Fsp3) is 0.857. The van der Waals surface area contributed by atoms with Crippen LogP contribution in [0, 0.1) is 5.92 Å². The normalized spacial score (nSPS) is 32.0. The maximum absolute atomic E-state index is 12.4. The lowest BCUT2D eigenvalue weighted by Crippen LogP contribution is -2.60. The third-order valence-electron chi connectivity index (χ3n) is 3.81. The van der Waals surface area contributed by atoms with Gasteiger partial charge in [-0.1, -0.05) is 13.8 Å². The first-order valence-electron chi connectivity index (χ1n) is 7.12. The standard InChI is InChI=1S/C14H24N2O2S/c1-10(2)7-11-13(18)16(8-12(17)15-11)9-14(3)5-4-6-19-14/h10-11H,4-9H2,1-3H3,(H,15,17). The number of thioether (sulfide) groups is 1. The van der Waals surface area contributed by atoms with Crippen molar-refractivity contribution in [2.24, 2.45) is 5.92 Å². The van der Waals surface area contributed by atoms with Crippen molar-refractivity contribution >= 4 is 23.6 Å². The number of hydrogen-bond donors (Lipinski definition) is 1. The van der Waals surface area contributed by atoms with E-state index in [9.17, 15) is 9.59 Å². The second kappa shape index (κ2) is 5.73. The Kier molecular flexibility index (Phi) is 4.43. The van der Waals surface area contributed by atoms with Crippen molar-refractivity contribution in [3.05, 3.63) is 0 Å². The summed E-state index contributed by atoms with van der Waals surface area (Å²) in [4.78, 5) is 26.0. The van der Waals surface area contributed by atoms with Gasteiger partial charge in [0.15, 0.2) is 0 Å². The fourth-order valence-electron chi connectivity index (χ4n) is 2.90. The maximum Gasteiger partial charge on any atom is 0.245 e. The zero-order valence-corrected chi connectivity index (χ0v) is 12.9. The number of piperazine rings is 1. The van der Waals surface area contributed by atoms with E-state index in [1.165, 1.54) is 12.2 Å². The summed E-state index contributed by atoms with van der Waals surface area (Å²) >= 11 is 1.93. The molecule has 0 spiro atoms. The number of hydrogen-bond acceptors (Lipinski definition) is 3. The molecule has 0 saturated carbocycles. The van der Waals surface area contributed by atoms with E-state index in [2.05, 4.69) is 26.1 Å². The third-order valence-corrected chi connectivity index (χ3v) is 5.34. The lowest BCUT2D eigenvalue weighted by molar-refractivity contribution is -0.145. The fourth-order valence-corrected chi connectivity index (χ4v) is 4.22. The van der Waals surface area contributed by atoms with Crippen LogP contribution >= 0.6 is 11.8 Å². The van der Waals surface area contributed by atoms with Gasteiger partial charge in [0.25, 0.3) is 0 Å². The number of carbonyl (C=O) groups excluding carboxylic acids is 2. The van der Waals surface area contributed by atoms with Crippen LogP contribution in [0.25, 0.3) is 0 Å². The number of nitrogens with zero attached hydrogens (tertiary/aromatic N) is 1. The first-order chi connectivity index (χ1) is 8.89. The van der Waals surface area contributed by atoms with Crippen LogP contribution in [0.2, 0.25) is 0 Å². The molecule has 5 heteroatoms. The molecule has 0 bridgehead atoms. The number of nitrogens with one attached hydrogen (secondary N) is 1. The first-order valence-corrected chi connectivity index (χ1v) is 8.10. The maximum atomic E-state index is 12.4. The predicted octanol–water partition coefficient (Wildman–Crippen LogP) is 1.65. The van der Waals surface area contributed by atoms with Crippen molar-refractivity contribution < 1.29 is 9.59 Å². The Bertz CT molecular complexity index is 364. The molecule has 0 radical (unpaired) electrons. The Balaban J connectivity index is 2.02. The Morgan fingerprint density at radius 3 is 2.79 bits per heavy atom. The van der Waals surface area contributed by atoms with Gasteiger partial charge in [0, 0.05) is 11.3 Å². The first kappa shape index (κ1) is 14.7. The lowest BCUT2D eigenvalue weighted by Gasteiger charge is -2.37. The summed E-state index contributed by atoms with van der Waals surface area (Å²) in [6.07, 6.45) is 3.08. The molecule has 2 aliphatic rings. The Hall–Kier alpha value is -0.710. The van der Waals surface area contributed by atoms with Crippen LogP contribution in [0.15, 0.2) is 0 Å². The van der Waals surface area contributed by atoms with E-state index in [4.69, 9.17) is 0 Å². The zero-order chi connectivity index (χ0) is 14.0. The summed E-state index contributed by atoms with van der Waals surface area (Å²) in [6, 6.07) is -0.323. The molecule has 0 aromatic rings. The minimum atomic E-state index is -0.323. The summed E-state index contributed by atoms with van der Waals surface area (Å²) < 4.78 is 0.135. The predicted molar refractivity (Wildman–Crippen MR) is 78.1 cm³/mol. The van der Waals surface area contributed by atoms with Crippen LogP contribution in [0.1, 0.15) is 40.0 Å². The minimum absolute atomic E-state index is 0.0168. The van der Waals surface area contributed by atoms with Crippen LogP contribution in [0.3, 0.4) is 0 Å². The molecule has 2 amide bonds. The molecule has 2 aliphatic heterocycles. The van der Waals surface area contributed by atoms with Crippen molar-refractivity contribution in [3.63, 3.8) is 0 Å². The average Bonchev–Trinajstić information content (AvgIpc) is 2.71. The van der Waals surface area contributed by atoms with E-state index in [0.29, 0.717) is 12.5 Å². The molecular formula is C14H24N2O2S. The average molecular weight is 284 g/mol. The molecule has 2 unspecified atom stereocenters. The molecule has 2 saturated heterocycles. The molecule has 0 aromatic heterocycles. The van der Waals surface area contributed by atoms with Crippen molar-refractivity contribution in [2.45, 2.75) is 50.8 Å². The highest BCUT2D eigenvalue weighted by molar-refractivity contribution is 8.00. The van der Waals surface area contributed by atoms with Gasteiger partial charge in [-0.2, -0.15) is 11.8 Å². The van der Waals surface area contributed by atoms with Crippen LogP contribution in [0.4, 0.5) is 0 Å². The van der Waals surface area contributed by atoms with Gasteiger partial charge in [-0.05, 0) is 37.9 Å². The van der Waals surface area contributed by atoms with Crippen molar-refractivity contribution in [1.82, 2.24) is 10.2 Å². The molecule has 2 fully saturated rings. The van der Waals surface area contributed by atoms with Crippen molar-refractivity contribution in [1.29, 1.82) is 0 Å². The number of rotatable bonds is 4. The highest BCUT2D eigenvalue weighted by Crippen LogP contribution is 2.38. The molecule has 108 valence electrons. The Morgan fingerprint density at radius 1 is 1.47 bits per heavy atom. The van der Waals surface area contributed by atoms with Gasteiger partial charge >= 0.3 is 0 Å². The Labute approximate surface area is 119 Å². The summed E-state index contributed by atoms with van der Waals surface area (Å²) in [5.41, 5.74) is 0. The minimum Gasteiger partial charge on any atom is -0.343 e. The van der Waals surface area contributed by atoms with Crippen LogP contribution in [-0.2, 0) is 9.59 Å². The smallest absolute Gasteiger partial charge is 0.245 e. The van der Waals surface area contributed by atoms with Gasteiger partial charge in [0.2, 0.25) is 11.8 Å². The molecule has 2 rings (SSSR count). The van der Waals surface area contributed by atoms with Gasteiger partial charge in [-0.15, -0.1) is 0 Å². The largest absolute Gasteiger partial charge is 0.343 e. The lowest BCUT2D eigenvalue weighted by atomic mass is 9.99. The topological polar surface area (TPSA) is 49.4 Å². The second-order valence-electron chi connectivity index (χ2n) is 6.35. The quantitative estimate of drug-likeness (QED) is 0.854. The van der Waals surface area contributed by atoms with E-state index in [1.807, 2.05) is 11.8 Å². The molecule has 0 aromatic carbocycles. The van der Waals surface area contributed by atoms with Crippen LogP contribution in [-0.4, -0.2) is 46.3 Å². The van der Waals surface area contributed by atoms with E-state index in [-0.39, 0.29) is 29.1 Å². The number of carbonyl (C=O) groups is 2. The van der Waals surface area contributed by atoms with Gasteiger partial charge in [-0.25, -0.2) is 0 Å². The third kappa shape index (κ3) is 3.65. The molecule has 1 N–H and O–H groups in total. The van der Waals surface area contributed by atoms with Gasteiger partial charge in [0.05, 0.1) is 6.54 Å². The zero-order valence-electron chi connectivity index (χ0n) is 12.1. The molecule has 19 heavy (non-hydrogen) atoms. The van der Waals surface area contributed by atoms with Crippen LogP contribution < -0.4 is 5.32 Å². The Morgan fingerprint density at radius 2 is 2.21 bits per heavy atom. The highest BCUT2D eigenvalue weighted by Gasteiger charge is 2.38. The molecular weight excluding hydrogens is 260 g/mol. The SMILES string of the molecule is CC(C)CC1NC(=O)CN(CC2(C)CCCS2)C1=O. The summed E-state index contributed by atoms with van der Waals surface area (Å²) in [7, 11) is 0. The molecule has 4 nitrogen and oxygen atoms in total. The van der Waals surface area contributed by atoms with Gasteiger partial charge in [-0.3, -0.25) is 9.59 Å². The van der Waals surface area contributed by atoms with E-state index >= 15 is 0 Å². The second-order valence-corrected chi connectivity index (χ2v) is 8.03. The molecule has 0 aliphatic carbocycles. The molecule has 2 heterocycles. The van der Waals surface area contributed by atoms with Crippen molar-refractivity contribution in [3.8, 4) is 0 Å². The van der Waals surface area contributed by atoms with E-state index in [0.717, 1.165) is 12.8 Å². The monoisotopic (exact) mass is 284 g/mol. The molecule has 2 atom stereocenters. The van der Waals surface area contributed by atoms with Gasteiger partial charge in [0.1, 0.15) is 6.04 Å². The highest BCUT2D eigenvalue weighted by atomic mass is 32.2. The van der Waals surface area contributed by atoms with Crippen molar-refractivity contribution in [2.75, 3.05) is 18.8 Å². The van der Waals surface area contributed by atoms with Crippen LogP contribution in [0.5, 0.6) is 0 Å². The summed E-state index contributed by atoms with van der Waals surface area (Å²) in [6.45, 7) is 7.29. The summed E-state index contributed by atoms with van der Waals surface area (Å²) in [5.74, 6) is 1.66. The summed E-state index contributed by atoms with van der Waals surface area (Å²) in [5, 5.41) is 2.83. The van der Waals surface area contributed by atoms with Gasteiger partial charge < -0.3 is 10.2 Å². The van der Waals surface area contributed by atoms with E-state index < -0.39 is 0 Å².